The lowest BCUT2D eigenvalue weighted by molar-refractivity contribution is 1.24. The van der Waals surface area contributed by atoms with Gasteiger partial charge in [0, 0.05) is 7.05 Å². The third-order valence-corrected chi connectivity index (χ3v) is 2.50. The first kappa shape index (κ1) is 8.27. The summed E-state index contributed by atoms with van der Waals surface area (Å²) in [7, 11) is 1.89. The fraction of sp³-hybridized carbons (Fsp3) is 0.375. The molecule has 0 saturated carbocycles. The quantitative estimate of drug-likeness (QED) is 0.734. The standard InChI is InChI=1S/C8H12N2S/c1-4-5-7-6(2)10-8(9-3)11-7/h4-5H,1-3H3,(H,9,10). The van der Waals surface area contributed by atoms with Crippen LogP contribution in [-0.4, -0.2) is 12.0 Å². The molecule has 0 aromatic carbocycles. The third kappa shape index (κ3) is 1.80. The van der Waals surface area contributed by atoms with Crippen molar-refractivity contribution < 1.29 is 0 Å². The third-order valence-electron chi connectivity index (χ3n) is 1.36. The summed E-state index contributed by atoms with van der Waals surface area (Å²) in [6.07, 6.45) is 4.10. The van der Waals surface area contributed by atoms with Gasteiger partial charge in [0.05, 0.1) is 10.6 Å². The molecule has 1 N–H and O–H groups in total. The van der Waals surface area contributed by atoms with Gasteiger partial charge in [0.2, 0.25) is 0 Å². The minimum Gasteiger partial charge on any atom is -0.365 e. The van der Waals surface area contributed by atoms with Gasteiger partial charge in [0.1, 0.15) is 0 Å². The van der Waals surface area contributed by atoms with Gasteiger partial charge >= 0.3 is 0 Å². The van der Waals surface area contributed by atoms with Crippen LogP contribution in [0.15, 0.2) is 6.08 Å². The number of hydrogen-bond acceptors (Lipinski definition) is 3. The Bertz CT molecular complexity index is 263. The summed E-state index contributed by atoms with van der Waals surface area (Å²) in [5.74, 6) is 0. The van der Waals surface area contributed by atoms with E-state index in [1.807, 2.05) is 27.0 Å². The molecule has 0 unspecified atom stereocenters. The molecule has 0 aliphatic heterocycles. The van der Waals surface area contributed by atoms with Crippen LogP contribution in [0.1, 0.15) is 17.5 Å². The maximum absolute atomic E-state index is 4.30. The molecule has 1 rings (SSSR count). The van der Waals surface area contributed by atoms with Crippen LogP contribution in [0.25, 0.3) is 6.08 Å². The van der Waals surface area contributed by atoms with E-state index >= 15 is 0 Å². The van der Waals surface area contributed by atoms with Crippen LogP contribution < -0.4 is 5.32 Å². The normalized spacial score (nSPS) is 10.8. The largest absolute Gasteiger partial charge is 0.365 e. The van der Waals surface area contributed by atoms with Gasteiger partial charge in [0.15, 0.2) is 5.13 Å². The van der Waals surface area contributed by atoms with Crippen LogP contribution in [-0.2, 0) is 0 Å². The summed E-state index contributed by atoms with van der Waals surface area (Å²) in [6.45, 7) is 4.03. The van der Waals surface area contributed by atoms with Crippen molar-refractivity contribution in [3.05, 3.63) is 16.6 Å². The number of rotatable bonds is 2. The summed E-state index contributed by atoms with van der Waals surface area (Å²) in [5.41, 5.74) is 1.09. The van der Waals surface area contributed by atoms with E-state index in [2.05, 4.69) is 16.4 Å². The smallest absolute Gasteiger partial charge is 0.183 e. The number of aryl methyl sites for hydroxylation is 1. The molecule has 2 nitrogen and oxygen atoms in total. The Balaban J connectivity index is 2.97. The summed E-state index contributed by atoms with van der Waals surface area (Å²) in [4.78, 5) is 5.54. The average molecular weight is 168 g/mol. The molecular formula is C8H12N2S. The summed E-state index contributed by atoms with van der Waals surface area (Å²) in [6, 6.07) is 0. The zero-order valence-corrected chi connectivity index (χ0v) is 7.83. The molecule has 3 heteroatoms. The number of thiazole rings is 1. The predicted molar refractivity (Wildman–Crippen MR) is 51.1 cm³/mol. The monoisotopic (exact) mass is 168 g/mol. The Kier molecular flexibility index (Phi) is 2.65. The van der Waals surface area contributed by atoms with Gasteiger partial charge in [-0.05, 0) is 19.9 Å². The Hall–Kier alpha value is -0.830. The summed E-state index contributed by atoms with van der Waals surface area (Å²) < 4.78 is 0. The van der Waals surface area contributed by atoms with Gasteiger partial charge in [-0.1, -0.05) is 17.4 Å². The fourth-order valence-electron chi connectivity index (χ4n) is 0.821. The van der Waals surface area contributed by atoms with E-state index in [4.69, 9.17) is 0 Å². The van der Waals surface area contributed by atoms with E-state index in [0.29, 0.717) is 0 Å². The minimum atomic E-state index is 0.982. The lowest BCUT2D eigenvalue weighted by Gasteiger charge is -1.85. The van der Waals surface area contributed by atoms with Crippen molar-refractivity contribution in [1.29, 1.82) is 0 Å². The van der Waals surface area contributed by atoms with E-state index in [1.54, 1.807) is 11.3 Å². The van der Waals surface area contributed by atoms with Crippen molar-refractivity contribution >= 4 is 22.5 Å². The van der Waals surface area contributed by atoms with Crippen molar-refractivity contribution in [2.24, 2.45) is 0 Å². The van der Waals surface area contributed by atoms with Gasteiger partial charge in [-0.25, -0.2) is 4.98 Å². The Morgan fingerprint density at radius 2 is 2.27 bits per heavy atom. The molecule has 60 valence electrons. The highest BCUT2D eigenvalue weighted by atomic mass is 32.1. The van der Waals surface area contributed by atoms with Gasteiger partial charge < -0.3 is 5.32 Å². The maximum atomic E-state index is 4.30. The number of nitrogens with one attached hydrogen (secondary N) is 1. The van der Waals surface area contributed by atoms with E-state index < -0.39 is 0 Å². The number of anilines is 1. The first-order valence-electron chi connectivity index (χ1n) is 3.55. The molecule has 0 aliphatic carbocycles. The van der Waals surface area contributed by atoms with Gasteiger partial charge in [-0.3, -0.25) is 0 Å². The predicted octanol–water partition coefficient (Wildman–Crippen LogP) is 2.53. The highest BCUT2D eigenvalue weighted by Crippen LogP contribution is 2.22. The Morgan fingerprint density at radius 3 is 2.73 bits per heavy atom. The number of hydrogen-bond donors (Lipinski definition) is 1. The molecule has 0 atom stereocenters. The van der Waals surface area contributed by atoms with E-state index in [1.165, 1.54) is 4.88 Å². The van der Waals surface area contributed by atoms with Gasteiger partial charge in [-0.15, -0.1) is 0 Å². The number of nitrogens with zero attached hydrogens (tertiary/aromatic N) is 1. The van der Waals surface area contributed by atoms with Crippen molar-refractivity contribution in [3.63, 3.8) is 0 Å². The molecule has 0 amide bonds. The molecule has 0 fully saturated rings. The van der Waals surface area contributed by atoms with Crippen LogP contribution >= 0.6 is 11.3 Å². The second-order valence-electron chi connectivity index (χ2n) is 2.22. The first-order valence-corrected chi connectivity index (χ1v) is 4.37. The van der Waals surface area contributed by atoms with Crippen molar-refractivity contribution in [3.8, 4) is 0 Å². The molecule has 11 heavy (non-hydrogen) atoms. The minimum absolute atomic E-state index is 0.982. The zero-order valence-electron chi connectivity index (χ0n) is 7.01. The lowest BCUT2D eigenvalue weighted by atomic mass is 10.4. The van der Waals surface area contributed by atoms with Crippen LogP contribution in [0.2, 0.25) is 0 Å². The second-order valence-corrected chi connectivity index (χ2v) is 3.25. The first-order chi connectivity index (χ1) is 5.27. The zero-order chi connectivity index (χ0) is 8.27. The van der Waals surface area contributed by atoms with Crippen molar-refractivity contribution in [1.82, 2.24) is 4.98 Å². The van der Waals surface area contributed by atoms with Crippen LogP contribution in [0.3, 0.4) is 0 Å². The molecule has 0 saturated heterocycles. The van der Waals surface area contributed by atoms with Gasteiger partial charge in [-0.2, -0.15) is 0 Å². The topological polar surface area (TPSA) is 24.9 Å². The summed E-state index contributed by atoms with van der Waals surface area (Å²) in [5, 5.41) is 4.00. The number of allylic oxidation sites excluding steroid dienone is 1. The van der Waals surface area contributed by atoms with E-state index in [-0.39, 0.29) is 0 Å². The molecule has 1 aromatic heterocycles. The molecule has 0 radical (unpaired) electrons. The SMILES string of the molecule is CC=Cc1sc(NC)nc1C. The maximum Gasteiger partial charge on any atom is 0.183 e. The average Bonchev–Trinajstić information content (AvgIpc) is 2.33. The highest BCUT2D eigenvalue weighted by molar-refractivity contribution is 7.16. The Labute approximate surface area is 71.0 Å². The second kappa shape index (κ2) is 3.53. The van der Waals surface area contributed by atoms with E-state index in [9.17, 15) is 0 Å². The van der Waals surface area contributed by atoms with E-state index in [0.717, 1.165) is 10.8 Å². The fourth-order valence-corrected chi connectivity index (χ4v) is 1.71. The van der Waals surface area contributed by atoms with Crippen molar-refractivity contribution in [2.45, 2.75) is 13.8 Å². The van der Waals surface area contributed by atoms with Crippen molar-refractivity contribution in [2.75, 3.05) is 12.4 Å². The molecule has 0 spiro atoms. The number of aromatic nitrogens is 1. The molecule has 1 aromatic rings. The molecular weight excluding hydrogens is 156 g/mol. The highest BCUT2D eigenvalue weighted by Gasteiger charge is 2.01. The lowest BCUT2D eigenvalue weighted by Crippen LogP contribution is -1.84. The summed E-state index contributed by atoms with van der Waals surface area (Å²) >= 11 is 1.68. The Morgan fingerprint density at radius 1 is 1.55 bits per heavy atom. The molecule has 0 aliphatic rings. The van der Waals surface area contributed by atoms with Crippen LogP contribution in [0.5, 0.6) is 0 Å². The van der Waals surface area contributed by atoms with Crippen LogP contribution in [0, 0.1) is 6.92 Å². The van der Waals surface area contributed by atoms with Crippen LogP contribution in [0.4, 0.5) is 5.13 Å². The molecule has 0 bridgehead atoms. The van der Waals surface area contributed by atoms with Gasteiger partial charge in [0.25, 0.3) is 0 Å². The molecule has 1 heterocycles.